The van der Waals surface area contributed by atoms with Gasteiger partial charge in [-0.1, -0.05) is 43.2 Å². The van der Waals surface area contributed by atoms with Gasteiger partial charge in [0.25, 0.3) is 5.69 Å². The molecule has 5 rings (SSSR count). The molecular formula is C24H24NO+. The van der Waals surface area contributed by atoms with Gasteiger partial charge in [-0.15, -0.1) is 0 Å². The second-order valence-electron chi connectivity index (χ2n) is 7.66. The van der Waals surface area contributed by atoms with Gasteiger partial charge in [0.15, 0.2) is 6.20 Å². The number of fused-ring (bicyclic) bond motifs is 2. The number of nitrogens with zero attached hydrogens (tertiary/aromatic N) is 1. The zero-order valence-electron chi connectivity index (χ0n) is 15.5. The molecule has 1 saturated carbocycles. The molecule has 2 heteroatoms. The van der Waals surface area contributed by atoms with E-state index in [1.54, 1.807) is 0 Å². The van der Waals surface area contributed by atoms with E-state index in [1.165, 1.54) is 53.0 Å². The summed E-state index contributed by atoms with van der Waals surface area (Å²) in [7, 11) is 2.10. The highest BCUT2D eigenvalue weighted by atomic mass is 16.3. The molecule has 0 atom stereocenters. The van der Waals surface area contributed by atoms with E-state index < -0.39 is 0 Å². The summed E-state index contributed by atoms with van der Waals surface area (Å²) in [5, 5.41) is 3.77. The molecule has 0 saturated heterocycles. The molecule has 2 heterocycles. The van der Waals surface area contributed by atoms with Crippen LogP contribution in [0, 0.1) is 6.92 Å². The minimum absolute atomic E-state index is 0.741. The van der Waals surface area contributed by atoms with E-state index in [0.717, 1.165) is 23.0 Å². The van der Waals surface area contributed by atoms with Gasteiger partial charge in [0.05, 0.1) is 5.39 Å². The van der Waals surface area contributed by atoms with Crippen LogP contribution in [0.5, 0.6) is 0 Å². The van der Waals surface area contributed by atoms with Crippen molar-refractivity contribution in [1.29, 1.82) is 0 Å². The SMILES string of the molecule is Cc1c(-c2c3ccc(C4CCCC4)cc3cc[n+]2C)oc2ccccc12. The number of pyridine rings is 1. The number of hydrogen-bond acceptors (Lipinski definition) is 1. The maximum Gasteiger partial charge on any atom is 0.256 e. The van der Waals surface area contributed by atoms with Crippen molar-refractivity contribution in [1.82, 2.24) is 0 Å². The van der Waals surface area contributed by atoms with Gasteiger partial charge in [0, 0.05) is 17.0 Å². The van der Waals surface area contributed by atoms with Gasteiger partial charge in [-0.05, 0) is 48.8 Å². The lowest BCUT2D eigenvalue weighted by Gasteiger charge is -2.11. The van der Waals surface area contributed by atoms with Crippen LogP contribution < -0.4 is 4.57 Å². The minimum Gasteiger partial charge on any atom is -0.449 e. The first-order valence-corrected chi connectivity index (χ1v) is 9.63. The summed E-state index contributed by atoms with van der Waals surface area (Å²) in [4.78, 5) is 0. The number of aromatic nitrogens is 1. The third-order valence-electron chi connectivity index (χ3n) is 6.05. The van der Waals surface area contributed by atoms with Gasteiger partial charge in [-0.25, -0.2) is 0 Å². The lowest BCUT2D eigenvalue weighted by molar-refractivity contribution is -0.659. The third-order valence-corrected chi connectivity index (χ3v) is 6.05. The van der Waals surface area contributed by atoms with Crippen LogP contribution in [0.15, 0.2) is 59.1 Å². The lowest BCUT2D eigenvalue weighted by Crippen LogP contribution is -2.30. The first-order valence-electron chi connectivity index (χ1n) is 9.63. The van der Waals surface area contributed by atoms with E-state index in [0.29, 0.717) is 0 Å². The molecule has 130 valence electrons. The summed E-state index contributed by atoms with van der Waals surface area (Å²) < 4.78 is 8.47. The summed E-state index contributed by atoms with van der Waals surface area (Å²) in [6.07, 6.45) is 7.57. The Kier molecular flexibility index (Phi) is 3.59. The van der Waals surface area contributed by atoms with Crippen LogP contribution in [0.2, 0.25) is 0 Å². The molecule has 0 N–H and O–H groups in total. The van der Waals surface area contributed by atoms with Crippen molar-refractivity contribution in [3.63, 3.8) is 0 Å². The van der Waals surface area contributed by atoms with Gasteiger partial charge >= 0.3 is 0 Å². The van der Waals surface area contributed by atoms with Crippen LogP contribution in [-0.4, -0.2) is 0 Å². The first kappa shape index (κ1) is 15.6. The Hall–Kier alpha value is -2.61. The lowest BCUT2D eigenvalue weighted by atomic mass is 9.94. The van der Waals surface area contributed by atoms with Crippen LogP contribution in [0.25, 0.3) is 33.2 Å². The number of aryl methyl sites for hydroxylation is 2. The van der Waals surface area contributed by atoms with Gasteiger partial charge in [0.1, 0.15) is 12.6 Å². The summed E-state index contributed by atoms with van der Waals surface area (Å²) in [6.45, 7) is 2.16. The van der Waals surface area contributed by atoms with Crippen LogP contribution >= 0.6 is 0 Å². The Bertz CT molecular complexity index is 1120. The van der Waals surface area contributed by atoms with Crippen LogP contribution in [0.1, 0.15) is 42.7 Å². The van der Waals surface area contributed by atoms with Crippen LogP contribution in [0.4, 0.5) is 0 Å². The number of furan rings is 1. The average Bonchev–Trinajstić information content (AvgIpc) is 3.31. The van der Waals surface area contributed by atoms with E-state index in [2.05, 4.69) is 67.2 Å². The normalized spacial score (nSPS) is 15.3. The molecule has 1 aliphatic rings. The molecule has 4 aromatic rings. The molecule has 0 spiro atoms. The standard InChI is InChI=1S/C24H24NO/c1-16-20-9-5-6-10-22(20)26-24(16)23-21-12-11-18(17-7-3-4-8-17)15-19(21)13-14-25(23)2/h5-6,9-15,17H,3-4,7-8H2,1-2H3/q+1. The molecule has 26 heavy (non-hydrogen) atoms. The fourth-order valence-electron chi connectivity index (χ4n) is 4.59. The first-order chi connectivity index (χ1) is 12.7. The average molecular weight is 342 g/mol. The fourth-order valence-corrected chi connectivity index (χ4v) is 4.59. The molecule has 0 unspecified atom stereocenters. The highest BCUT2D eigenvalue weighted by Gasteiger charge is 2.24. The summed E-state index contributed by atoms with van der Waals surface area (Å²) in [6, 6.07) is 17.6. The quantitative estimate of drug-likeness (QED) is 0.406. The highest BCUT2D eigenvalue weighted by Crippen LogP contribution is 2.38. The van der Waals surface area contributed by atoms with Crippen LogP contribution in [0.3, 0.4) is 0 Å². The fraction of sp³-hybridized carbons (Fsp3) is 0.292. The Morgan fingerprint density at radius 1 is 0.962 bits per heavy atom. The monoisotopic (exact) mass is 342 g/mol. The van der Waals surface area contributed by atoms with Gasteiger partial charge in [0.2, 0.25) is 5.76 Å². The van der Waals surface area contributed by atoms with Crippen molar-refractivity contribution < 1.29 is 8.98 Å². The molecule has 0 bridgehead atoms. The van der Waals surface area contributed by atoms with Crippen molar-refractivity contribution in [3.8, 4) is 11.5 Å². The summed E-state index contributed by atoms with van der Waals surface area (Å²) in [5.74, 6) is 1.72. The smallest absolute Gasteiger partial charge is 0.256 e. The zero-order chi connectivity index (χ0) is 17.7. The van der Waals surface area contributed by atoms with E-state index >= 15 is 0 Å². The second-order valence-corrected chi connectivity index (χ2v) is 7.66. The minimum atomic E-state index is 0.741. The van der Waals surface area contributed by atoms with Crippen molar-refractivity contribution in [3.05, 3.63) is 65.9 Å². The van der Waals surface area contributed by atoms with Crippen molar-refractivity contribution in [2.45, 2.75) is 38.5 Å². The Balaban J connectivity index is 1.73. The number of para-hydroxylation sites is 1. The van der Waals surface area contributed by atoms with Crippen molar-refractivity contribution in [2.75, 3.05) is 0 Å². The van der Waals surface area contributed by atoms with Gasteiger partial charge in [-0.2, -0.15) is 4.57 Å². The molecule has 0 aliphatic heterocycles. The Morgan fingerprint density at radius 2 is 1.77 bits per heavy atom. The molecule has 0 radical (unpaired) electrons. The predicted octanol–water partition coefficient (Wildman–Crippen LogP) is 6.04. The number of hydrogen-bond donors (Lipinski definition) is 0. The summed E-state index contributed by atoms with van der Waals surface area (Å²) in [5.41, 5.74) is 4.83. The van der Waals surface area contributed by atoms with E-state index in [4.69, 9.17) is 4.42 Å². The molecule has 2 aromatic carbocycles. The Morgan fingerprint density at radius 3 is 2.58 bits per heavy atom. The summed E-state index contributed by atoms with van der Waals surface area (Å²) >= 11 is 0. The predicted molar refractivity (Wildman–Crippen MR) is 106 cm³/mol. The number of benzene rings is 2. The Labute approximate surface area is 154 Å². The van der Waals surface area contributed by atoms with Crippen LogP contribution in [-0.2, 0) is 7.05 Å². The third kappa shape index (κ3) is 2.36. The van der Waals surface area contributed by atoms with E-state index in [1.807, 2.05) is 6.07 Å². The molecule has 1 aliphatic carbocycles. The molecule has 1 fully saturated rings. The van der Waals surface area contributed by atoms with Gasteiger partial charge in [-0.3, -0.25) is 0 Å². The van der Waals surface area contributed by atoms with Crippen molar-refractivity contribution in [2.24, 2.45) is 7.05 Å². The van der Waals surface area contributed by atoms with Crippen molar-refractivity contribution >= 4 is 21.7 Å². The molecular weight excluding hydrogens is 318 g/mol. The molecule has 2 aromatic heterocycles. The second kappa shape index (κ2) is 5.98. The zero-order valence-corrected chi connectivity index (χ0v) is 15.5. The largest absolute Gasteiger partial charge is 0.449 e. The molecule has 2 nitrogen and oxygen atoms in total. The number of rotatable bonds is 2. The van der Waals surface area contributed by atoms with E-state index in [9.17, 15) is 0 Å². The molecule has 0 amide bonds. The highest BCUT2D eigenvalue weighted by molar-refractivity contribution is 5.96. The maximum atomic E-state index is 6.28. The topological polar surface area (TPSA) is 17.0 Å². The van der Waals surface area contributed by atoms with Gasteiger partial charge < -0.3 is 4.42 Å². The maximum absolute atomic E-state index is 6.28. The van der Waals surface area contributed by atoms with E-state index in [-0.39, 0.29) is 0 Å².